The zero-order chi connectivity index (χ0) is 13.1. The average Bonchev–Trinajstić information content (AvgIpc) is 2.81. The Hall–Kier alpha value is -0.570. The lowest BCUT2D eigenvalue weighted by molar-refractivity contribution is -0.127. The van der Waals surface area contributed by atoms with E-state index in [1.165, 1.54) is 12.8 Å². The van der Waals surface area contributed by atoms with Gasteiger partial charge in [0, 0.05) is 12.0 Å². The molecule has 2 saturated carbocycles. The fraction of sp³-hybridized carbons (Fsp3) is 0.933. The Labute approximate surface area is 111 Å². The van der Waals surface area contributed by atoms with Crippen LogP contribution in [0.5, 0.6) is 0 Å². The molecule has 0 aromatic heterocycles. The van der Waals surface area contributed by atoms with E-state index in [0.29, 0.717) is 24.4 Å². The molecule has 0 spiro atoms. The van der Waals surface area contributed by atoms with Crippen LogP contribution in [0.2, 0.25) is 0 Å². The molecule has 0 bridgehead atoms. The SMILES string of the molecule is CC1CCC(NC(=O)C2CCCC2CN)C(C)C1. The lowest BCUT2D eigenvalue weighted by atomic mass is 9.79. The molecule has 0 aliphatic heterocycles. The van der Waals surface area contributed by atoms with Crippen molar-refractivity contribution < 1.29 is 4.79 Å². The molecule has 2 rings (SSSR count). The van der Waals surface area contributed by atoms with Crippen molar-refractivity contribution in [2.75, 3.05) is 6.54 Å². The minimum absolute atomic E-state index is 0.182. The van der Waals surface area contributed by atoms with E-state index in [4.69, 9.17) is 5.73 Å². The summed E-state index contributed by atoms with van der Waals surface area (Å²) in [6.45, 7) is 5.25. The maximum atomic E-state index is 12.3. The molecule has 1 amide bonds. The zero-order valence-corrected chi connectivity index (χ0v) is 11.8. The summed E-state index contributed by atoms with van der Waals surface area (Å²) in [5.74, 6) is 2.31. The van der Waals surface area contributed by atoms with Gasteiger partial charge in [-0.25, -0.2) is 0 Å². The van der Waals surface area contributed by atoms with E-state index >= 15 is 0 Å². The Morgan fingerprint density at radius 1 is 1.22 bits per heavy atom. The fourth-order valence-corrected chi connectivity index (χ4v) is 3.83. The lowest BCUT2D eigenvalue weighted by Gasteiger charge is -2.34. The van der Waals surface area contributed by atoms with Crippen LogP contribution in [0.4, 0.5) is 0 Å². The van der Waals surface area contributed by atoms with E-state index in [0.717, 1.165) is 31.6 Å². The molecule has 0 aromatic rings. The molecule has 3 nitrogen and oxygen atoms in total. The third-order valence-corrected chi connectivity index (χ3v) is 5.06. The molecule has 2 aliphatic carbocycles. The van der Waals surface area contributed by atoms with Crippen LogP contribution in [-0.2, 0) is 4.79 Å². The first-order valence-electron chi connectivity index (χ1n) is 7.62. The van der Waals surface area contributed by atoms with Crippen LogP contribution in [0.3, 0.4) is 0 Å². The summed E-state index contributed by atoms with van der Waals surface area (Å²) < 4.78 is 0. The standard InChI is InChI=1S/C15H28N2O/c1-10-6-7-14(11(2)8-10)17-15(18)13-5-3-4-12(13)9-16/h10-14H,3-9,16H2,1-2H3,(H,17,18). The minimum Gasteiger partial charge on any atom is -0.353 e. The molecule has 18 heavy (non-hydrogen) atoms. The fourth-order valence-electron chi connectivity index (χ4n) is 3.83. The van der Waals surface area contributed by atoms with Crippen molar-refractivity contribution in [2.24, 2.45) is 29.4 Å². The molecule has 2 fully saturated rings. The number of hydrogen-bond acceptors (Lipinski definition) is 2. The van der Waals surface area contributed by atoms with Crippen molar-refractivity contribution in [3.05, 3.63) is 0 Å². The third kappa shape index (κ3) is 3.05. The van der Waals surface area contributed by atoms with E-state index in [9.17, 15) is 4.79 Å². The van der Waals surface area contributed by atoms with Crippen LogP contribution in [0.15, 0.2) is 0 Å². The Bertz CT molecular complexity index is 292. The summed E-state index contributed by atoms with van der Waals surface area (Å²) >= 11 is 0. The number of hydrogen-bond donors (Lipinski definition) is 2. The van der Waals surface area contributed by atoms with Crippen LogP contribution in [-0.4, -0.2) is 18.5 Å². The summed E-state index contributed by atoms with van der Waals surface area (Å²) in [6, 6.07) is 0.396. The molecule has 0 radical (unpaired) electrons. The number of nitrogens with one attached hydrogen (secondary N) is 1. The first-order valence-corrected chi connectivity index (χ1v) is 7.62. The predicted octanol–water partition coefficient (Wildman–Crippen LogP) is 2.30. The molecule has 104 valence electrons. The van der Waals surface area contributed by atoms with Gasteiger partial charge >= 0.3 is 0 Å². The van der Waals surface area contributed by atoms with Gasteiger partial charge in [0.25, 0.3) is 0 Å². The van der Waals surface area contributed by atoms with E-state index < -0.39 is 0 Å². The van der Waals surface area contributed by atoms with E-state index in [1.807, 2.05) is 0 Å². The largest absolute Gasteiger partial charge is 0.353 e. The van der Waals surface area contributed by atoms with Gasteiger partial charge < -0.3 is 11.1 Å². The van der Waals surface area contributed by atoms with Crippen molar-refractivity contribution in [2.45, 2.75) is 58.4 Å². The van der Waals surface area contributed by atoms with Gasteiger partial charge in [-0.15, -0.1) is 0 Å². The second-order valence-corrected chi connectivity index (χ2v) is 6.54. The molecule has 0 saturated heterocycles. The molecular formula is C15H28N2O. The molecule has 5 unspecified atom stereocenters. The van der Waals surface area contributed by atoms with E-state index in [-0.39, 0.29) is 11.8 Å². The second-order valence-electron chi connectivity index (χ2n) is 6.54. The first-order chi connectivity index (χ1) is 8.61. The van der Waals surface area contributed by atoms with Crippen molar-refractivity contribution >= 4 is 5.91 Å². The number of rotatable bonds is 3. The topological polar surface area (TPSA) is 55.1 Å². The van der Waals surface area contributed by atoms with E-state index in [1.54, 1.807) is 0 Å². The quantitative estimate of drug-likeness (QED) is 0.810. The van der Waals surface area contributed by atoms with Gasteiger partial charge in [0.1, 0.15) is 0 Å². The molecular weight excluding hydrogens is 224 g/mol. The van der Waals surface area contributed by atoms with Gasteiger partial charge in [-0.2, -0.15) is 0 Å². The van der Waals surface area contributed by atoms with Crippen molar-refractivity contribution in [3.8, 4) is 0 Å². The Balaban J connectivity index is 1.87. The van der Waals surface area contributed by atoms with Crippen LogP contribution in [0.25, 0.3) is 0 Å². The third-order valence-electron chi connectivity index (χ3n) is 5.06. The van der Waals surface area contributed by atoms with Crippen molar-refractivity contribution in [3.63, 3.8) is 0 Å². The predicted molar refractivity (Wildman–Crippen MR) is 74.0 cm³/mol. The van der Waals surface area contributed by atoms with Gasteiger partial charge in [-0.3, -0.25) is 4.79 Å². The van der Waals surface area contributed by atoms with Crippen molar-refractivity contribution in [1.29, 1.82) is 0 Å². The van der Waals surface area contributed by atoms with Gasteiger partial charge in [0.05, 0.1) is 0 Å². The minimum atomic E-state index is 0.182. The molecule has 0 heterocycles. The summed E-state index contributed by atoms with van der Waals surface area (Å²) in [6.07, 6.45) is 6.97. The summed E-state index contributed by atoms with van der Waals surface area (Å²) in [5.41, 5.74) is 5.76. The van der Waals surface area contributed by atoms with Gasteiger partial charge in [0.2, 0.25) is 5.91 Å². The Kier molecular flexibility index (Phi) is 4.66. The molecule has 0 aromatic carbocycles. The average molecular weight is 252 g/mol. The number of nitrogens with two attached hydrogens (primary N) is 1. The number of carbonyl (C=O) groups is 1. The molecule has 2 aliphatic rings. The molecule has 5 atom stereocenters. The van der Waals surface area contributed by atoms with Crippen LogP contribution in [0, 0.1) is 23.7 Å². The van der Waals surface area contributed by atoms with Crippen LogP contribution < -0.4 is 11.1 Å². The van der Waals surface area contributed by atoms with Gasteiger partial charge in [-0.1, -0.05) is 20.3 Å². The normalized spacial score (nSPS) is 40.7. The lowest BCUT2D eigenvalue weighted by Crippen LogP contribution is -2.46. The highest BCUT2D eigenvalue weighted by molar-refractivity contribution is 5.79. The van der Waals surface area contributed by atoms with Gasteiger partial charge in [0.15, 0.2) is 0 Å². The maximum Gasteiger partial charge on any atom is 0.223 e. The first kappa shape index (κ1) is 13.9. The number of carbonyl (C=O) groups excluding carboxylic acids is 1. The van der Waals surface area contributed by atoms with Crippen molar-refractivity contribution in [1.82, 2.24) is 5.32 Å². The second kappa shape index (κ2) is 6.05. The number of amides is 1. The maximum absolute atomic E-state index is 12.3. The zero-order valence-electron chi connectivity index (χ0n) is 11.8. The summed E-state index contributed by atoms with van der Waals surface area (Å²) in [7, 11) is 0. The highest BCUT2D eigenvalue weighted by atomic mass is 16.2. The van der Waals surface area contributed by atoms with Gasteiger partial charge in [-0.05, 0) is 56.4 Å². The monoisotopic (exact) mass is 252 g/mol. The van der Waals surface area contributed by atoms with E-state index in [2.05, 4.69) is 19.2 Å². The molecule has 3 N–H and O–H groups in total. The summed E-state index contributed by atoms with van der Waals surface area (Å²) in [5, 5.41) is 3.30. The Morgan fingerprint density at radius 2 is 2.00 bits per heavy atom. The highest BCUT2D eigenvalue weighted by Gasteiger charge is 2.34. The van der Waals surface area contributed by atoms with Crippen LogP contribution >= 0.6 is 0 Å². The molecule has 3 heteroatoms. The van der Waals surface area contributed by atoms with Crippen LogP contribution in [0.1, 0.15) is 52.4 Å². The Morgan fingerprint density at radius 3 is 2.67 bits per heavy atom. The highest BCUT2D eigenvalue weighted by Crippen LogP contribution is 2.33. The smallest absolute Gasteiger partial charge is 0.223 e. The summed E-state index contributed by atoms with van der Waals surface area (Å²) in [4.78, 5) is 12.3.